The summed E-state index contributed by atoms with van der Waals surface area (Å²) in [4.78, 5) is 37.7. The van der Waals surface area contributed by atoms with Crippen molar-refractivity contribution in [1.82, 2.24) is 0 Å². The molecule has 0 radical (unpaired) electrons. The number of rotatable bonds is 3. The van der Waals surface area contributed by atoms with Crippen molar-refractivity contribution in [3.63, 3.8) is 0 Å². The highest BCUT2D eigenvalue weighted by molar-refractivity contribution is 6.05. The van der Waals surface area contributed by atoms with Crippen LogP contribution in [0.1, 0.15) is 92.9 Å². The smallest absolute Gasteiger partial charge is 0.320 e. The lowest BCUT2D eigenvalue weighted by Crippen LogP contribution is -2.67. The second-order valence-corrected chi connectivity index (χ2v) is 13.0. The van der Waals surface area contributed by atoms with Crippen LogP contribution in [0, 0.1) is 44.8 Å². The molecule has 33 heavy (non-hydrogen) atoms. The predicted molar refractivity (Wildman–Crippen MR) is 123 cm³/mol. The van der Waals surface area contributed by atoms with Crippen molar-refractivity contribution in [2.24, 2.45) is 44.8 Å². The minimum atomic E-state index is -1.63. The van der Waals surface area contributed by atoms with Crippen LogP contribution in [0.15, 0.2) is 0 Å². The maximum atomic E-state index is 13.9. The van der Waals surface area contributed by atoms with Crippen molar-refractivity contribution in [2.45, 2.75) is 99.0 Å². The third-order valence-electron chi connectivity index (χ3n) is 11.6. The average Bonchev–Trinajstić information content (AvgIpc) is 2.71. The number of aliphatic hydroxyl groups is 1. The summed E-state index contributed by atoms with van der Waals surface area (Å²) in [6.07, 6.45) is 6.03. The van der Waals surface area contributed by atoms with Crippen LogP contribution in [-0.2, 0) is 19.1 Å². The Kier molecular flexibility index (Phi) is 5.64. The number of aliphatic hydroxyl groups excluding tert-OH is 1. The maximum Gasteiger partial charge on any atom is 0.320 e. The van der Waals surface area contributed by atoms with Gasteiger partial charge in [0.1, 0.15) is 6.61 Å². The second-order valence-electron chi connectivity index (χ2n) is 13.0. The first-order valence-corrected chi connectivity index (χ1v) is 12.8. The number of carbonyl (C=O) groups is 3. The predicted octanol–water partition coefficient (Wildman–Crippen LogP) is 4.62. The topological polar surface area (TPSA) is 101 Å². The Hall–Kier alpha value is -1.43. The number of fused-ring (bicyclic) bond motifs is 5. The summed E-state index contributed by atoms with van der Waals surface area (Å²) in [6.45, 7) is 12.3. The maximum absolute atomic E-state index is 13.9. The Bertz CT molecular complexity index is 865. The van der Waals surface area contributed by atoms with E-state index in [4.69, 9.17) is 4.74 Å². The highest BCUT2D eigenvalue weighted by atomic mass is 16.5. The van der Waals surface area contributed by atoms with Crippen LogP contribution in [0.2, 0.25) is 0 Å². The molecule has 8 atom stereocenters. The standard InChI is InChI=1S/C27H42O6/c1-16(28)33-15-27(22(31)32)14-13-25(5)17(21(27)30)7-8-19-24(4)11-10-20(29)23(2,3)18(24)9-12-26(19,25)6/h17-20,29H,7-15H2,1-6H3,(H,31,32)/t17?,18?,19?,20?,24-,25+,26+,27-/m0/s1. The molecule has 0 amide bonds. The first kappa shape index (κ1) is 24.7. The second kappa shape index (κ2) is 7.53. The first-order chi connectivity index (χ1) is 15.2. The summed E-state index contributed by atoms with van der Waals surface area (Å²) in [5.74, 6) is -1.41. The summed E-state index contributed by atoms with van der Waals surface area (Å²) in [6, 6.07) is 0. The highest BCUT2D eigenvalue weighted by Crippen LogP contribution is 2.74. The summed E-state index contributed by atoms with van der Waals surface area (Å²) >= 11 is 0. The van der Waals surface area contributed by atoms with Gasteiger partial charge in [0.15, 0.2) is 11.2 Å². The number of hydrogen-bond acceptors (Lipinski definition) is 5. The molecule has 4 aliphatic rings. The number of hydrogen-bond donors (Lipinski definition) is 2. The molecule has 186 valence electrons. The van der Waals surface area contributed by atoms with Crippen molar-refractivity contribution < 1.29 is 29.3 Å². The molecule has 6 heteroatoms. The van der Waals surface area contributed by atoms with E-state index in [2.05, 4.69) is 34.6 Å². The van der Waals surface area contributed by atoms with Crippen LogP contribution in [0.4, 0.5) is 0 Å². The SMILES string of the molecule is CC(=O)OC[C@@]1(C(=O)O)CC[C@]2(C)C(CCC3[C@@]4(C)CCC(O)C(C)(C)C4CC[C@]32C)C1=O. The molecule has 0 heterocycles. The fourth-order valence-corrected chi connectivity index (χ4v) is 9.38. The molecule has 0 spiro atoms. The lowest BCUT2D eigenvalue weighted by Gasteiger charge is -2.71. The van der Waals surface area contributed by atoms with E-state index in [1.165, 1.54) is 6.92 Å². The summed E-state index contributed by atoms with van der Waals surface area (Å²) in [5, 5.41) is 20.9. The minimum absolute atomic E-state index is 0.0682. The van der Waals surface area contributed by atoms with E-state index in [0.29, 0.717) is 24.7 Å². The van der Waals surface area contributed by atoms with Gasteiger partial charge in [-0.15, -0.1) is 0 Å². The number of carbonyl (C=O) groups excluding carboxylic acids is 2. The largest absolute Gasteiger partial charge is 0.480 e. The molecule has 0 aromatic carbocycles. The van der Waals surface area contributed by atoms with Crippen molar-refractivity contribution in [2.75, 3.05) is 6.61 Å². The third kappa shape index (κ3) is 3.11. The summed E-state index contributed by atoms with van der Waals surface area (Å²) in [5.41, 5.74) is -2.00. The van der Waals surface area contributed by atoms with Gasteiger partial charge in [-0.25, -0.2) is 0 Å². The van der Waals surface area contributed by atoms with E-state index in [0.717, 1.165) is 32.1 Å². The van der Waals surface area contributed by atoms with E-state index < -0.39 is 17.4 Å². The van der Waals surface area contributed by atoms with Gasteiger partial charge in [-0.3, -0.25) is 14.4 Å². The zero-order valence-corrected chi connectivity index (χ0v) is 21.2. The molecule has 4 unspecified atom stereocenters. The van der Waals surface area contributed by atoms with Crippen LogP contribution >= 0.6 is 0 Å². The zero-order valence-electron chi connectivity index (χ0n) is 21.2. The van der Waals surface area contributed by atoms with Gasteiger partial charge in [0.2, 0.25) is 0 Å². The van der Waals surface area contributed by atoms with E-state index in [-0.39, 0.29) is 52.5 Å². The molecule has 6 nitrogen and oxygen atoms in total. The van der Waals surface area contributed by atoms with Gasteiger partial charge in [0, 0.05) is 12.8 Å². The molecule has 0 aromatic rings. The van der Waals surface area contributed by atoms with Crippen molar-refractivity contribution in [1.29, 1.82) is 0 Å². The fourth-order valence-electron chi connectivity index (χ4n) is 9.38. The number of carboxylic acid groups (broad SMARTS) is 1. The molecule has 0 bridgehead atoms. The fraction of sp³-hybridized carbons (Fsp3) is 0.889. The van der Waals surface area contributed by atoms with Gasteiger partial charge in [-0.1, -0.05) is 34.6 Å². The van der Waals surface area contributed by atoms with Crippen LogP contribution in [0.5, 0.6) is 0 Å². The van der Waals surface area contributed by atoms with Gasteiger partial charge in [-0.05, 0) is 84.9 Å². The Morgan fingerprint density at radius 3 is 2.18 bits per heavy atom. The minimum Gasteiger partial charge on any atom is -0.480 e. The Morgan fingerprint density at radius 1 is 0.909 bits per heavy atom. The van der Waals surface area contributed by atoms with Crippen LogP contribution in [-0.4, -0.2) is 40.6 Å². The molecule has 4 aliphatic carbocycles. The Balaban J connectivity index is 1.70. The lowest BCUT2D eigenvalue weighted by molar-refractivity contribution is -0.234. The number of carboxylic acids is 1. The molecule has 0 aliphatic heterocycles. The van der Waals surface area contributed by atoms with Crippen LogP contribution in [0.25, 0.3) is 0 Å². The summed E-state index contributed by atoms with van der Waals surface area (Å²) in [7, 11) is 0. The monoisotopic (exact) mass is 462 g/mol. The molecule has 0 aromatic heterocycles. The normalized spacial score (nSPS) is 48.8. The molecule has 0 saturated heterocycles. The molecule has 2 N–H and O–H groups in total. The first-order valence-electron chi connectivity index (χ1n) is 12.8. The van der Waals surface area contributed by atoms with Gasteiger partial charge in [0.05, 0.1) is 6.10 Å². The quantitative estimate of drug-likeness (QED) is 0.469. The number of esters is 1. The number of Topliss-reactive ketones (excluding diaryl/α,β-unsaturated/α-hetero) is 1. The average molecular weight is 463 g/mol. The van der Waals surface area contributed by atoms with E-state index in [1.54, 1.807) is 0 Å². The molecular formula is C27H42O6. The van der Waals surface area contributed by atoms with Gasteiger partial charge in [0.25, 0.3) is 0 Å². The lowest BCUT2D eigenvalue weighted by atomic mass is 9.33. The van der Waals surface area contributed by atoms with E-state index >= 15 is 0 Å². The van der Waals surface area contributed by atoms with Crippen molar-refractivity contribution in [3.8, 4) is 0 Å². The molecule has 4 rings (SSSR count). The van der Waals surface area contributed by atoms with E-state index in [9.17, 15) is 24.6 Å². The number of ketones is 1. The molecule has 4 saturated carbocycles. The zero-order chi connectivity index (χ0) is 24.6. The Labute approximate surface area is 197 Å². The van der Waals surface area contributed by atoms with Crippen molar-refractivity contribution >= 4 is 17.7 Å². The van der Waals surface area contributed by atoms with Gasteiger partial charge in [-0.2, -0.15) is 0 Å². The molecular weight excluding hydrogens is 420 g/mol. The van der Waals surface area contributed by atoms with Gasteiger partial charge < -0.3 is 14.9 Å². The third-order valence-corrected chi connectivity index (χ3v) is 11.6. The van der Waals surface area contributed by atoms with Crippen LogP contribution < -0.4 is 0 Å². The van der Waals surface area contributed by atoms with Crippen LogP contribution in [0.3, 0.4) is 0 Å². The molecule has 4 fully saturated rings. The number of ether oxygens (including phenoxy) is 1. The number of aliphatic carboxylic acids is 1. The highest BCUT2D eigenvalue weighted by Gasteiger charge is 2.70. The van der Waals surface area contributed by atoms with Gasteiger partial charge >= 0.3 is 11.9 Å². The van der Waals surface area contributed by atoms with E-state index in [1.807, 2.05) is 0 Å². The Morgan fingerprint density at radius 2 is 1.58 bits per heavy atom. The van der Waals surface area contributed by atoms with Crippen molar-refractivity contribution in [3.05, 3.63) is 0 Å². The summed E-state index contributed by atoms with van der Waals surface area (Å²) < 4.78 is 5.12.